The van der Waals surface area contributed by atoms with Crippen LogP contribution in [0.15, 0.2) is 59.6 Å². The van der Waals surface area contributed by atoms with Crippen LogP contribution in [0, 0.1) is 11.8 Å². The van der Waals surface area contributed by atoms with Gasteiger partial charge in [0.2, 0.25) is 0 Å². The summed E-state index contributed by atoms with van der Waals surface area (Å²) in [4.78, 5) is 7.94. The molecule has 3 aromatic rings. The predicted octanol–water partition coefficient (Wildman–Crippen LogP) is 5.77. The van der Waals surface area contributed by atoms with E-state index in [9.17, 15) is 5.11 Å². The van der Waals surface area contributed by atoms with Crippen LogP contribution in [0.25, 0.3) is 10.9 Å². The average Bonchev–Trinajstić information content (AvgIpc) is 2.91. The Bertz CT molecular complexity index is 1100. The molecule has 1 aromatic heterocycles. The van der Waals surface area contributed by atoms with E-state index < -0.39 is 6.17 Å². The summed E-state index contributed by atoms with van der Waals surface area (Å²) in [6, 6.07) is 15.4. The summed E-state index contributed by atoms with van der Waals surface area (Å²) in [6.07, 6.45) is 2.81. The molecule has 1 aliphatic rings. The molecule has 0 spiro atoms. The summed E-state index contributed by atoms with van der Waals surface area (Å²) in [5.74, 6) is 3.09. The summed E-state index contributed by atoms with van der Waals surface area (Å²) in [7, 11) is 3.31. The van der Waals surface area contributed by atoms with Gasteiger partial charge in [0.05, 0.1) is 19.7 Å². The second kappa shape index (κ2) is 12.6. The van der Waals surface area contributed by atoms with Crippen molar-refractivity contribution in [2.24, 2.45) is 11.8 Å². The van der Waals surface area contributed by atoms with Crippen molar-refractivity contribution in [2.75, 3.05) is 46.2 Å². The first-order chi connectivity index (χ1) is 17.1. The number of likely N-dealkylation sites (tertiary alicyclic amines) is 1. The maximum atomic E-state index is 15.4. The van der Waals surface area contributed by atoms with Gasteiger partial charge in [-0.2, -0.15) is 0 Å². The van der Waals surface area contributed by atoms with Gasteiger partial charge in [0.15, 0.2) is 0 Å². The minimum atomic E-state index is -1.07. The van der Waals surface area contributed by atoms with Crippen LogP contribution in [0.4, 0.5) is 4.39 Å². The van der Waals surface area contributed by atoms with Crippen LogP contribution in [0.1, 0.15) is 31.0 Å². The molecular formula is C28H35FN2O3S. The Morgan fingerprint density at radius 3 is 2.80 bits per heavy atom. The molecule has 1 fully saturated rings. The van der Waals surface area contributed by atoms with Crippen LogP contribution in [0.5, 0.6) is 11.5 Å². The molecule has 35 heavy (non-hydrogen) atoms. The molecule has 0 aliphatic carbocycles. The Morgan fingerprint density at radius 1 is 1.14 bits per heavy atom. The lowest BCUT2D eigenvalue weighted by Crippen LogP contribution is -2.43. The highest BCUT2D eigenvalue weighted by Crippen LogP contribution is 2.35. The van der Waals surface area contributed by atoms with Crippen molar-refractivity contribution < 1.29 is 19.0 Å². The smallest absolute Gasteiger partial charge is 0.132 e. The van der Waals surface area contributed by atoms with Gasteiger partial charge < -0.3 is 19.5 Å². The molecule has 1 unspecified atom stereocenters. The van der Waals surface area contributed by atoms with E-state index >= 15 is 4.39 Å². The third kappa shape index (κ3) is 6.46. The third-order valence-corrected chi connectivity index (χ3v) is 8.09. The minimum absolute atomic E-state index is 0.146. The van der Waals surface area contributed by atoms with Gasteiger partial charge in [-0.3, -0.25) is 4.98 Å². The molecule has 2 heterocycles. The second-order valence-corrected chi connectivity index (χ2v) is 10.3. The first kappa shape index (κ1) is 25.7. The summed E-state index contributed by atoms with van der Waals surface area (Å²) in [5.41, 5.74) is 1.44. The van der Waals surface area contributed by atoms with Gasteiger partial charge in [-0.15, -0.1) is 11.8 Å². The quantitative estimate of drug-likeness (QED) is 0.339. The SMILES string of the molecule is COc1ccc2nccc(C(F)CC[C@@H]3CCN(CCSc4ccccc4OC)C[C@@H]3CO)c2c1. The second-order valence-electron chi connectivity index (χ2n) is 9.12. The fourth-order valence-electron chi connectivity index (χ4n) is 5.03. The van der Waals surface area contributed by atoms with E-state index in [4.69, 9.17) is 9.47 Å². The molecule has 1 aliphatic heterocycles. The lowest BCUT2D eigenvalue weighted by atomic mass is 9.81. The van der Waals surface area contributed by atoms with Gasteiger partial charge in [-0.1, -0.05) is 12.1 Å². The molecule has 0 saturated carbocycles. The number of pyridine rings is 1. The molecule has 3 atom stereocenters. The van der Waals surface area contributed by atoms with Crippen molar-refractivity contribution in [1.29, 1.82) is 0 Å². The lowest BCUT2D eigenvalue weighted by molar-refractivity contribution is 0.0672. The van der Waals surface area contributed by atoms with Crippen molar-refractivity contribution in [1.82, 2.24) is 9.88 Å². The number of hydrogen-bond donors (Lipinski definition) is 1. The number of benzene rings is 2. The fraction of sp³-hybridized carbons (Fsp3) is 0.464. The van der Waals surface area contributed by atoms with Crippen LogP contribution < -0.4 is 9.47 Å². The van der Waals surface area contributed by atoms with Gasteiger partial charge in [-0.05, 0) is 79.6 Å². The predicted molar refractivity (Wildman–Crippen MR) is 140 cm³/mol. The number of piperidine rings is 1. The Balaban J connectivity index is 1.29. The standard InChI is InChI=1S/C28H35FN2O3S/c1-33-22-8-10-26-24(17-22)23(11-13-30-26)25(29)9-7-20-12-14-31(18-21(20)19-32)15-16-35-28-6-4-3-5-27(28)34-2/h3-6,8,10-11,13,17,20-21,25,32H,7,9,12,14-16,18-19H2,1-2H3/t20-,21-,25?/m1/s1. The zero-order valence-corrected chi connectivity index (χ0v) is 21.3. The fourth-order valence-corrected chi connectivity index (χ4v) is 6.07. The Labute approximate surface area is 211 Å². The van der Waals surface area contributed by atoms with Gasteiger partial charge in [0.25, 0.3) is 0 Å². The molecule has 2 aromatic carbocycles. The third-order valence-electron chi connectivity index (χ3n) is 7.05. The van der Waals surface area contributed by atoms with Gasteiger partial charge in [0.1, 0.15) is 17.7 Å². The van der Waals surface area contributed by atoms with Crippen molar-refractivity contribution in [2.45, 2.75) is 30.3 Å². The van der Waals surface area contributed by atoms with Crippen LogP contribution in [-0.2, 0) is 0 Å². The number of hydrogen-bond acceptors (Lipinski definition) is 6. The number of thioether (sulfide) groups is 1. The van der Waals surface area contributed by atoms with Crippen LogP contribution in [0.3, 0.4) is 0 Å². The zero-order valence-electron chi connectivity index (χ0n) is 20.5. The highest BCUT2D eigenvalue weighted by molar-refractivity contribution is 7.99. The maximum Gasteiger partial charge on any atom is 0.132 e. The molecule has 188 valence electrons. The molecule has 1 N–H and O–H groups in total. The van der Waals surface area contributed by atoms with E-state index in [0.29, 0.717) is 23.7 Å². The molecule has 4 rings (SSSR count). The maximum absolute atomic E-state index is 15.4. The van der Waals surface area contributed by atoms with Crippen molar-refractivity contribution >= 4 is 22.7 Å². The number of aromatic nitrogens is 1. The van der Waals surface area contributed by atoms with E-state index in [1.165, 1.54) is 0 Å². The van der Waals surface area contributed by atoms with E-state index in [-0.39, 0.29) is 12.5 Å². The summed E-state index contributed by atoms with van der Waals surface area (Å²) in [6.45, 7) is 2.95. The molecule has 0 bridgehead atoms. The van der Waals surface area contributed by atoms with Crippen LogP contribution >= 0.6 is 11.8 Å². The number of alkyl halides is 1. The van der Waals surface area contributed by atoms with E-state index in [0.717, 1.165) is 59.8 Å². The number of rotatable bonds is 11. The van der Waals surface area contributed by atoms with E-state index in [2.05, 4.69) is 16.0 Å². The molecule has 7 heteroatoms. The summed E-state index contributed by atoms with van der Waals surface area (Å²) in [5, 5.41) is 10.9. The van der Waals surface area contributed by atoms with Crippen LogP contribution in [-0.4, -0.2) is 61.2 Å². The summed E-state index contributed by atoms with van der Waals surface area (Å²) >= 11 is 1.80. The number of aliphatic hydroxyl groups excluding tert-OH is 1. The average molecular weight is 499 g/mol. The first-order valence-corrected chi connectivity index (χ1v) is 13.3. The first-order valence-electron chi connectivity index (χ1n) is 12.3. The highest BCUT2D eigenvalue weighted by atomic mass is 32.2. The number of halogens is 1. The minimum Gasteiger partial charge on any atom is -0.497 e. The molecule has 0 amide bonds. The van der Waals surface area contributed by atoms with Gasteiger partial charge in [-0.25, -0.2) is 4.39 Å². The number of ether oxygens (including phenoxy) is 2. The number of nitrogens with zero attached hydrogens (tertiary/aromatic N) is 2. The van der Waals surface area contributed by atoms with Gasteiger partial charge in [0, 0.05) is 41.9 Å². The molecule has 0 radical (unpaired) electrons. The van der Waals surface area contributed by atoms with Crippen molar-refractivity contribution in [3.05, 3.63) is 60.3 Å². The lowest BCUT2D eigenvalue weighted by Gasteiger charge is -2.38. The Morgan fingerprint density at radius 2 is 2.00 bits per heavy atom. The molecular weight excluding hydrogens is 463 g/mol. The van der Waals surface area contributed by atoms with Crippen molar-refractivity contribution in [3.8, 4) is 11.5 Å². The number of fused-ring (bicyclic) bond motifs is 1. The highest BCUT2D eigenvalue weighted by Gasteiger charge is 2.29. The normalized spacial score (nSPS) is 19.5. The summed E-state index contributed by atoms with van der Waals surface area (Å²) < 4.78 is 26.2. The molecule has 1 saturated heterocycles. The number of para-hydroxylation sites is 1. The molecule has 5 nitrogen and oxygen atoms in total. The van der Waals surface area contributed by atoms with Crippen molar-refractivity contribution in [3.63, 3.8) is 0 Å². The van der Waals surface area contributed by atoms with E-state index in [1.807, 2.05) is 36.4 Å². The monoisotopic (exact) mass is 498 g/mol. The number of methoxy groups -OCH3 is 2. The number of aliphatic hydroxyl groups is 1. The Kier molecular flexibility index (Phi) is 9.24. The Hall–Kier alpha value is -2.35. The largest absolute Gasteiger partial charge is 0.497 e. The van der Waals surface area contributed by atoms with Crippen LogP contribution in [0.2, 0.25) is 0 Å². The zero-order chi connectivity index (χ0) is 24.6. The van der Waals surface area contributed by atoms with Gasteiger partial charge >= 0.3 is 0 Å². The van der Waals surface area contributed by atoms with E-state index in [1.54, 1.807) is 38.2 Å². The topological polar surface area (TPSA) is 54.8 Å².